The number of phenolic OH excluding ortho intramolecular Hbond substituents is 1. The lowest BCUT2D eigenvalue weighted by Crippen LogP contribution is -2.36. The van der Waals surface area contributed by atoms with E-state index in [1.807, 2.05) is 12.1 Å². The molecule has 1 unspecified atom stereocenters. The first kappa shape index (κ1) is 15.2. The van der Waals surface area contributed by atoms with Gasteiger partial charge in [-0.3, -0.25) is 0 Å². The third-order valence-electron chi connectivity index (χ3n) is 4.47. The Morgan fingerprint density at radius 2 is 2.05 bits per heavy atom. The van der Waals surface area contributed by atoms with Gasteiger partial charge in [0, 0.05) is 12.6 Å². The van der Waals surface area contributed by atoms with Crippen molar-refractivity contribution in [3.63, 3.8) is 0 Å². The van der Waals surface area contributed by atoms with Gasteiger partial charge in [0.1, 0.15) is 0 Å². The molecule has 1 fully saturated rings. The summed E-state index contributed by atoms with van der Waals surface area (Å²) in [6.07, 6.45) is 8.06. The van der Waals surface area contributed by atoms with E-state index >= 15 is 0 Å². The van der Waals surface area contributed by atoms with Crippen LogP contribution in [0, 0.1) is 5.92 Å². The molecular formula is C17H27NO2. The van der Waals surface area contributed by atoms with E-state index in [1.54, 1.807) is 13.2 Å². The van der Waals surface area contributed by atoms with E-state index in [0.717, 1.165) is 18.0 Å². The fourth-order valence-electron chi connectivity index (χ4n) is 3.28. The molecule has 1 aliphatic carbocycles. The molecule has 1 aromatic carbocycles. The third-order valence-corrected chi connectivity index (χ3v) is 4.47. The number of benzene rings is 1. The summed E-state index contributed by atoms with van der Waals surface area (Å²) in [4.78, 5) is 0. The van der Waals surface area contributed by atoms with E-state index in [2.05, 4.69) is 12.2 Å². The fourth-order valence-corrected chi connectivity index (χ4v) is 3.28. The van der Waals surface area contributed by atoms with Crippen molar-refractivity contribution in [2.75, 3.05) is 7.11 Å². The second-order valence-corrected chi connectivity index (χ2v) is 5.80. The summed E-state index contributed by atoms with van der Waals surface area (Å²) < 4.78 is 5.07. The molecule has 20 heavy (non-hydrogen) atoms. The van der Waals surface area contributed by atoms with Crippen molar-refractivity contribution < 1.29 is 9.84 Å². The quantitative estimate of drug-likeness (QED) is 0.830. The lowest BCUT2D eigenvalue weighted by Gasteiger charge is -2.30. The average Bonchev–Trinajstić information content (AvgIpc) is 2.49. The number of nitrogens with one attached hydrogen (secondary N) is 1. The lowest BCUT2D eigenvalue weighted by atomic mass is 9.83. The summed E-state index contributed by atoms with van der Waals surface area (Å²) in [5, 5.41) is 13.5. The molecule has 3 heteroatoms. The third kappa shape index (κ3) is 3.89. The summed E-state index contributed by atoms with van der Waals surface area (Å²) in [6, 6.07) is 6.23. The maximum Gasteiger partial charge on any atom is 0.160 e. The first-order chi connectivity index (χ1) is 9.74. The van der Waals surface area contributed by atoms with Crippen LogP contribution in [-0.2, 0) is 6.54 Å². The van der Waals surface area contributed by atoms with Gasteiger partial charge >= 0.3 is 0 Å². The molecule has 0 aromatic heterocycles. The Kier molecular flexibility index (Phi) is 5.72. The number of rotatable bonds is 6. The van der Waals surface area contributed by atoms with Gasteiger partial charge in [0.05, 0.1) is 7.11 Å². The molecule has 1 aromatic rings. The summed E-state index contributed by atoms with van der Waals surface area (Å²) in [6.45, 7) is 3.07. The van der Waals surface area contributed by atoms with Gasteiger partial charge in [-0.15, -0.1) is 0 Å². The second kappa shape index (κ2) is 7.53. The number of hydrogen-bond donors (Lipinski definition) is 2. The Morgan fingerprint density at radius 1 is 1.30 bits per heavy atom. The van der Waals surface area contributed by atoms with E-state index < -0.39 is 0 Å². The summed E-state index contributed by atoms with van der Waals surface area (Å²) in [7, 11) is 1.57. The van der Waals surface area contributed by atoms with Crippen LogP contribution in [0.15, 0.2) is 18.2 Å². The first-order valence-electron chi connectivity index (χ1n) is 7.83. The minimum Gasteiger partial charge on any atom is -0.504 e. The molecule has 2 N–H and O–H groups in total. The highest BCUT2D eigenvalue weighted by Gasteiger charge is 2.21. The summed E-state index contributed by atoms with van der Waals surface area (Å²) in [5.41, 5.74) is 1.11. The molecule has 2 rings (SSSR count). The monoisotopic (exact) mass is 277 g/mol. The van der Waals surface area contributed by atoms with E-state index in [9.17, 15) is 5.11 Å². The van der Waals surface area contributed by atoms with E-state index in [1.165, 1.54) is 38.5 Å². The number of aromatic hydroxyl groups is 1. The van der Waals surface area contributed by atoms with Crippen LogP contribution in [0.5, 0.6) is 11.5 Å². The van der Waals surface area contributed by atoms with Crippen LogP contribution < -0.4 is 10.1 Å². The molecule has 0 bridgehead atoms. The van der Waals surface area contributed by atoms with Gasteiger partial charge in [-0.25, -0.2) is 0 Å². The standard InChI is InChI=1S/C17H27NO2/c1-3-15(14-7-5-4-6-8-14)18-12-13-9-10-17(20-2)16(19)11-13/h9-11,14-15,18-19H,3-8,12H2,1-2H3. The van der Waals surface area contributed by atoms with Crippen LogP contribution in [-0.4, -0.2) is 18.3 Å². The van der Waals surface area contributed by atoms with Crippen molar-refractivity contribution in [3.8, 4) is 11.5 Å². The average molecular weight is 277 g/mol. The summed E-state index contributed by atoms with van der Waals surface area (Å²) >= 11 is 0. The van der Waals surface area contributed by atoms with Crippen LogP contribution >= 0.6 is 0 Å². The Bertz CT molecular complexity index is 413. The van der Waals surface area contributed by atoms with Gasteiger partial charge in [-0.2, -0.15) is 0 Å². The molecular weight excluding hydrogens is 250 g/mol. The zero-order chi connectivity index (χ0) is 14.4. The number of methoxy groups -OCH3 is 1. The lowest BCUT2D eigenvalue weighted by molar-refractivity contribution is 0.261. The van der Waals surface area contributed by atoms with Crippen molar-refractivity contribution in [2.24, 2.45) is 5.92 Å². The number of phenols is 1. The van der Waals surface area contributed by atoms with Crippen molar-refractivity contribution in [3.05, 3.63) is 23.8 Å². The molecule has 0 spiro atoms. The predicted molar refractivity (Wildman–Crippen MR) is 82.2 cm³/mol. The molecule has 1 atom stereocenters. The topological polar surface area (TPSA) is 41.5 Å². The van der Waals surface area contributed by atoms with Gasteiger partial charge < -0.3 is 15.2 Å². The van der Waals surface area contributed by atoms with Crippen LogP contribution in [0.2, 0.25) is 0 Å². The predicted octanol–water partition coefficient (Wildman–Crippen LogP) is 3.85. The Morgan fingerprint density at radius 3 is 2.65 bits per heavy atom. The molecule has 0 aliphatic heterocycles. The van der Waals surface area contributed by atoms with E-state index in [0.29, 0.717) is 11.8 Å². The fraction of sp³-hybridized carbons (Fsp3) is 0.647. The summed E-state index contributed by atoms with van der Waals surface area (Å²) in [5.74, 6) is 1.58. The maximum absolute atomic E-state index is 9.81. The molecule has 3 nitrogen and oxygen atoms in total. The highest BCUT2D eigenvalue weighted by molar-refractivity contribution is 5.41. The van der Waals surface area contributed by atoms with Gasteiger partial charge in [0.15, 0.2) is 11.5 Å². The normalized spacial score (nSPS) is 17.9. The van der Waals surface area contributed by atoms with Crippen LogP contribution in [0.3, 0.4) is 0 Å². The smallest absolute Gasteiger partial charge is 0.160 e. The molecule has 0 heterocycles. The van der Waals surface area contributed by atoms with Crippen LogP contribution in [0.1, 0.15) is 51.0 Å². The minimum absolute atomic E-state index is 0.220. The van der Waals surface area contributed by atoms with Crippen LogP contribution in [0.25, 0.3) is 0 Å². The molecule has 0 saturated heterocycles. The zero-order valence-corrected chi connectivity index (χ0v) is 12.7. The van der Waals surface area contributed by atoms with Crippen LogP contribution in [0.4, 0.5) is 0 Å². The first-order valence-corrected chi connectivity index (χ1v) is 7.83. The molecule has 1 saturated carbocycles. The molecule has 0 amide bonds. The number of hydrogen-bond acceptors (Lipinski definition) is 3. The van der Waals surface area contributed by atoms with E-state index in [4.69, 9.17) is 4.74 Å². The van der Waals surface area contributed by atoms with Gasteiger partial charge in [0.2, 0.25) is 0 Å². The zero-order valence-electron chi connectivity index (χ0n) is 12.7. The van der Waals surface area contributed by atoms with Gasteiger partial charge in [-0.1, -0.05) is 32.3 Å². The van der Waals surface area contributed by atoms with E-state index in [-0.39, 0.29) is 5.75 Å². The molecule has 1 aliphatic rings. The largest absolute Gasteiger partial charge is 0.504 e. The van der Waals surface area contributed by atoms with Crippen molar-refractivity contribution in [1.29, 1.82) is 0 Å². The van der Waals surface area contributed by atoms with Crippen molar-refractivity contribution in [1.82, 2.24) is 5.32 Å². The molecule has 0 radical (unpaired) electrons. The van der Waals surface area contributed by atoms with Crippen molar-refractivity contribution in [2.45, 2.75) is 58.0 Å². The van der Waals surface area contributed by atoms with Gasteiger partial charge in [0.25, 0.3) is 0 Å². The SMILES string of the molecule is CCC(NCc1ccc(OC)c(O)c1)C1CCCCC1. The van der Waals surface area contributed by atoms with Crippen molar-refractivity contribution >= 4 is 0 Å². The minimum atomic E-state index is 0.220. The molecule has 112 valence electrons. The maximum atomic E-state index is 9.81. The Balaban J connectivity index is 1.90. The second-order valence-electron chi connectivity index (χ2n) is 5.80. The highest BCUT2D eigenvalue weighted by Crippen LogP contribution is 2.29. The Labute approximate surface area is 122 Å². The Hall–Kier alpha value is -1.22. The number of ether oxygens (including phenoxy) is 1. The highest BCUT2D eigenvalue weighted by atomic mass is 16.5. The van der Waals surface area contributed by atoms with Gasteiger partial charge in [-0.05, 0) is 42.9 Å².